The van der Waals surface area contributed by atoms with Gasteiger partial charge in [-0.1, -0.05) is 0 Å². The van der Waals surface area contributed by atoms with Gasteiger partial charge < -0.3 is 10.8 Å². The van der Waals surface area contributed by atoms with Crippen molar-refractivity contribution in [2.45, 2.75) is 20.8 Å². The summed E-state index contributed by atoms with van der Waals surface area (Å²) in [7, 11) is 1.81. The summed E-state index contributed by atoms with van der Waals surface area (Å²) in [5, 5.41) is 14.2. The van der Waals surface area contributed by atoms with Crippen molar-refractivity contribution in [3.8, 4) is 16.9 Å². The maximum Gasteiger partial charge on any atom is 0.133 e. The second-order valence-electron chi connectivity index (χ2n) is 4.48. The van der Waals surface area contributed by atoms with Crippen LogP contribution in [0.25, 0.3) is 11.1 Å². The summed E-state index contributed by atoms with van der Waals surface area (Å²) in [5.74, 6) is 0.911. The van der Waals surface area contributed by atoms with Crippen LogP contribution in [0.1, 0.15) is 16.7 Å². The van der Waals surface area contributed by atoms with Crippen molar-refractivity contribution in [2.24, 2.45) is 7.05 Å². The molecule has 0 amide bonds. The van der Waals surface area contributed by atoms with E-state index in [1.807, 2.05) is 27.8 Å². The van der Waals surface area contributed by atoms with Gasteiger partial charge in [-0.15, -0.1) is 0 Å². The Kier molecular flexibility index (Phi) is 3.11. The number of halogens is 1. The molecule has 1 heterocycles. The Bertz CT molecular complexity index is 603. The van der Waals surface area contributed by atoms with E-state index in [1.165, 1.54) is 0 Å². The Balaban J connectivity index is 2.84. The van der Waals surface area contributed by atoms with Crippen molar-refractivity contribution in [1.29, 1.82) is 0 Å². The maximum atomic E-state index is 10.0. The van der Waals surface area contributed by atoms with E-state index < -0.39 is 0 Å². The highest BCUT2D eigenvalue weighted by Gasteiger charge is 2.19. The van der Waals surface area contributed by atoms with Gasteiger partial charge in [-0.25, -0.2) is 0 Å². The van der Waals surface area contributed by atoms with Crippen molar-refractivity contribution in [1.82, 2.24) is 9.78 Å². The number of aryl methyl sites for hydroxylation is 1. The summed E-state index contributed by atoms with van der Waals surface area (Å²) in [6.07, 6.45) is 1.76. The lowest BCUT2D eigenvalue weighted by atomic mass is 9.93. The Morgan fingerprint density at radius 3 is 2.33 bits per heavy atom. The molecule has 0 bridgehead atoms. The Hall–Kier alpha value is -1.49. The Morgan fingerprint density at radius 1 is 1.22 bits per heavy atom. The molecule has 2 rings (SSSR count). The number of phenolic OH excluding ortho intramolecular Hbond substituents is 1. The number of rotatable bonds is 1. The van der Waals surface area contributed by atoms with Gasteiger partial charge >= 0.3 is 0 Å². The summed E-state index contributed by atoms with van der Waals surface area (Å²) in [4.78, 5) is 0. The topological polar surface area (TPSA) is 64.1 Å². The van der Waals surface area contributed by atoms with Crippen molar-refractivity contribution in [2.75, 3.05) is 5.73 Å². The predicted molar refractivity (Wildman–Crippen MR) is 76.6 cm³/mol. The molecule has 0 atom stereocenters. The van der Waals surface area contributed by atoms with Crippen molar-refractivity contribution >= 4 is 21.7 Å². The third kappa shape index (κ3) is 1.70. The zero-order valence-electron chi connectivity index (χ0n) is 10.9. The van der Waals surface area contributed by atoms with Gasteiger partial charge in [-0.05, 0) is 59.0 Å². The van der Waals surface area contributed by atoms with Crippen LogP contribution in [-0.2, 0) is 7.05 Å². The fourth-order valence-electron chi connectivity index (χ4n) is 2.14. The number of benzene rings is 1. The molecule has 0 unspecified atom stereocenters. The molecule has 4 nitrogen and oxygen atoms in total. The first-order valence-electron chi connectivity index (χ1n) is 5.62. The highest BCUT2D eigenvalue weighted by Crippen LogP contribution is 2.42. The van der Waals surface area contributed by atoms with E-state index in [1.54, 1.807) is 10.9 Å². The molecule has 0 aliphatic heterocycles. The molecular weight excluding hydrogens is 294 g/mol. The van der Waals surface area contributed by atoms with Gasteiger partial charge in [0.15, 0.2) is 0 Å². The first kappa shape index (κ1) is 13.0. The van der Waals surface area contributed by atoms with Crippen LogP contribution in [0.15, 0.2) is 10.7 Å². The maximum absolute atomic E-state index is 10.0. The average molecular weight is 310 g/mol. The van der Waals surface area contributed by atoms with Crippen LogP contribution < -0.4 is 5.73 Å². The van der Waals surface area contributed by atoms with Gasteiger partial charge in [0.1, 0.15) is 11.6 Å². The minimum absolute atomic E-state index is 0.288. The van der Waals surface area contributed by atoms with Gasteiger partial charge in [0.05, 0.1) is 10.7 Å². The number of nitrogens with zero attached hydrogens (tertiary/aromatic N) is 2. The number of aromatic hydroxyl groups is 1. The summed E-state index contributed by atoms with van der Waals surface area (Å²) < 4.78 is 2.36. The standard InChI is InChI=1S/C13H16BrN3O/c1-6-7(2)12(18)11(14)8(3)10(6)9-5-16-17(4)13(9)15/h5,18H,15H2,1-4H3. The number of phenols is 1. The molecule has 0 aliphatic carbocycles. The van der Waals surface area contributed by atoms with Crippen LogP contribution >= 0.6 is 15.9 Å². The van der Waals surface area contributed by atoms with Crippen LogP contribution in [0.4, 0.5) is 5.82 Å². The molecule has 5 heteroatoms. The Morgan fingerprint density at radius 2 is 1.83 bits per heavy atom. The highest BCUT2D eigenvalue weighted by molar-refractivity contribution is 9.10. The molecule has 2 aromatic rings. The molecule has 3 N–H and O–H groups in total. The number of aromatic nitrogens is 2. The zero-order valence-corrected chi connectivity index (χ0v) is 12.5. The molecule has 1 aromatic carbocycles. The molecule has 0 spiro atoms. The van der Waals surface area contributed by atoms with Crippen LogP contribution in [0.5, 0.6) is 5.75 Å². The van der Waals surface area contributed by atoms with Crippen LogP contribution in [0.3, 0.4) is 0 Å². The summed E-state index contributed by atoms with van der Waals surface area (Å²) >= 11 is 3.43. The van der Waals surface area contributed by atoms with E-state index in [4.69, 9.17) is 5.73 Å². The minimum atomic E-state index is 0.288. The molecule has 96 valence electrons. The predicted octanol–water partition coefficient (Wildman–Crippen LogP) is 3.06. The number of nitrogen functional groups attached to an aromatic ring is 1. The molecule has 18 heavy (non-hydrogen) atoms. The summed E-state index contributed by atoms with van der Waals surface area (Å²) in [6, 6.07) is 0. The van der Waals surface area contributed by atoms with E-state index in [-0.39, 0.29) is 5.75 Å². The highest BCUT2D eigenvalue weighted by atomic mass is 79.9. The normalized spacial score (nSPS) is 10.9. The fraction of sp³-hybridized carbons (Fsp3) is 0.308. The molecular formula is C13H16BrN3O. The number of anilines is 1. The number of hydrogen-bond donors (Lipinski definition) is 2. The van der Waals surface area contributed by atoms with E-state index in [0.29, 0.717) is 10.3 Å². The second kappa shape index (κ2) is 4.31. The minimum Gasteiger partial charge on any atom is -0.506 e. The summed E-state index contributed by atoms with van der Waals surface area (Å²) in [6.45, 7) is 5.83. The van der Waals surface area contributed by atoms with E-state index in [9.17, 15) is 5.11 Å². The van der Waals surface area contributed by atoms with Crippen LogP contribution in [0, 0.1) is 20.8 Å². The molecule has 0 saturated carbocycles. The molecule has 1 aromatic heterocycles. The smallest absolute Gasteiger partial charge is 0.133 e. The van der Waals surface area contributed by atoms with Gasteiger partial charge in [0.2, 0.25) is 0 Å². The lowest BCUT2D eigenvalue weighted by Crippen LogP contribution is -2.00. The lowest BCUT2D eigenvalue weighted by Gasteiger charge is -2.16. The molecule has 0 saturated heterocycles. The van der Waals surface area contributed by atoms with Gasteiger partial charge in [-0.3, -0.25) is 4.68 Å². The van der Waals surface area contributed by atoms with Gasteiger partial charge in [0.25, 0.3) is 0 Å². The van der Waals surface area contributed by atoms with Crippen molar-refractivity contribution in [3.63, 3.8) is 0 Å². The van der Waals surface area contributed by atoms with E-state index >= 15 is 0 Å². The summed E-state index contributed by atoms with van der Waals surface area (Å²) in [5.41, 5.74) is 10.8. The van der Waals surface area contributed by atoms with Crippen LogP contribution in [-0.4, -0.2) is 14.9 Å². The van der Waals surface area contributed by atoms with Gasteiger partial charge in [-0.2, -0.15) is 5.10 Å². The Labute approximate surface area is 115 Å². The van der Waals surface area contributed by atoms with Crippen LogP contribution in [0.2, 0.25) is 0 Å². The molecule has 0 fully saturated rings. The second-order valence-corrected chi connectivity index (χ2v) is 5.27. The molecule has 0 aliphatic rings. The van der Waals surface area contributed by atoms with Crippen molar-refractivity contribution in [3.05, 3.63) is 27.4 Å². The monoisotopic (exact) mass is 309 g/mol. The van der Waals surface area contributed by atoms with E-state index in [2.05, 4.69) is 21.0 Å². The zero-order chi connectivity index (χ0) is 13.6. The number of hydrogen-bond acceptors (Lipinski definition) is 3. The van der Waals surface area contributed by atoms with Crippen molar-refractivity contribution < 1.29 is 5.11 Å². The third-order valence-electron chi connectivity index (χ3n) is 3.46. The largest absolute Gasteiger partial charge is 0.506 e. The SMILES string of the molecule is Cc1c(C)c(-c2cnn(C)c2N)c(C)c(Br)c1O. The number of nitrogens with two attached hydrogens (primary N) is 1. The molecule has 0 radical (unpaired) electrons. The fourth-order valence-corrected chi connectivity index (χ4v) is 2.64. The first-order chi connectivity index (χ1) is 8.36. The first-order valence-corrected chi connectivity index (χ1v) is 6.41. The lowest BCUT2D eigenvalue weighted by molar-refractivity contribution is 0.466. The van der Waals surface area contributed by atoms with Gasteiger partial charge in [0, 0.05) is 12.6 Å². The third-order valence-corrected chi connectivity index (χ3v) is 4.43. The average Bonchev–Trinajstić information content (AvgIpc) is 2.66. The van der Waals surface area contributed by atoms with E-state index in [0.717, 1.165) is 27.8 Å². The quantitative estimate of drug-likeness (QED) is 0.851.